The van der Waals surface area contributed by atoms with Crippen LogP contribution in [0.3, 0.4) is 0 Å². The molecule has 0 unspecified atom stereocenters. The van der Waals surface area contributed by atoms with Crippen LogP contribution in [0.4, 0.5) is 16.3 Å². The monoisotopic (exact) mass is 501 g/mol. The fourth-order valence-corrected chi connectivity index (χ4v) is 6.59. The number of urea groups is 1. The van der Waals surface area contributed by atoms with Crippen molar-refractivity contribution in [3.05, 3.63) is 36.0 Å². The van der Waals surface area contributed by atoms with Gasteiger partial charge in [-0.1, -0.05) is 0 Å². The average Bonchev–Trinajstić information content (AvgIpc) is 3.75. The molecule has 2 aromatic rings. The van der Waals surface area contributed by atoms with Gasteiger partial charge in [-0.3, -0.25) is 9.11 Å². The fourth-order valence-electron chi connectivity index (χ4n) is 4.57. The van der Waals surface area contributed by atoms with Crippen molar-refractivity contribution in [2.75, 3.05) is 30.0 Å². The Labute approximate surface area is 208 Å². The lowest BCUT2D eigenvalue weighted by Gasteiger charge is -2.44. The molecule has 0 radical (unpaired) electrons. The van der Waals surface area contributed by atoms with Crippen molar-refractivity contribution < 1.29 is 18.6 Å². The Hall–Kier alpha value is -2.40. The lowest BCUT2D eigenvalue weighted by atomic mass is 10.1. The van der Waals surface area contributed by atoms with Gasteiger partial charge < -0.3 is 20.3 Å². The molecule has 9 nitrogen and oxygen atoms in total. The molecule has 1 aliphatic heterocycles. The highest BCUT2D eigenvalue weighted by Crippen LogP contribution is 2.73. The number of carbonyl (C=O) groups excluding carboxylic acids is 1. The number of anilines is 2. The molecule has 190 valence electrons. The third-order valence-electron chi connectivity index (χ3n) is 7.09. The van der Waals surface area contributed by atoms with E-state index >= 15 is 0 Å². The standard InChI is InChI=1S/C25H35N5O4S/c1-16(2)35(32,33)25(10-11-25)21-14-22(30-12-13-34-15-17(30)3)29-23(28-21)18-4-6-19(7-5-18)26-24(31)27-20-8-9-20/h4-7,14,16-17,20,32-33H,8-13,15H2,1-3H3,(H2,26,27,31)/t17-/m0/s1. The van der Waals surface area contributed by atoms with Crippen molar-refractivity contribution >= 4 is 28.1 Å². The first kappa shape index (κ1) is 24.3. The number of nitrogens with one attached hydrogen (secondary N) is 2. The van der Waals surface area contributed by atoms with E-state index in [1.54, 1.807) is 0 Å². The highest BCUT2D eigenvalue weighted by molar-refractivity contribution is 8.25. The van der Waals surface area contributed by atoms with Gasteiger partial charge in [0.2, 0.25) is 0 Å². The Morgan fingerprint density at radius 3 is 2.51 bits per heavy atom. The molecule has 3 aliphatic rings. The number of amides is 2. The molecule has 2 heterocycles. The predicted molar refractivity (Wildman–Crippen MR) is 139 cm³/mol. The number of morpholine rings is 1. The Bertz CT molecular complexity index is 1090. The molecule has 0 bridgehead atoms. The molecule has 5 rings (SSSR count). The Morgan fingerprint density at radius 2 is 1.91 bits per heavy atom. The summed E-state index contributed by atoms with van der Waals surface area (Å²) in [6, 6.07) is 9.63. The smallest absolute Gasteiger partial charge is 0.319 e. The number of rotatable bonds is 7. The lowest BCUT2D eigenvalue weighted by molar-refractivity contribution is 0.0985. The molecule has 2 amide bonds. The molecule has 10 heteroatoms. The second kappa shape index (κ2) is 9.24. The van der Waals surface area contributed by atoms with E-state index < -0.39 is 15.3 Å². The Morgan fingerprint density at radius 1 is 1.20 bits per heavy atom. The van der Waals surface area contributed by atoms with E-state index in [2.05, 4.69) is 22.5 Å². The number of carbonyl (C=O) groups is 1. The molecule has 2 aliphatic carbocycles. The second-order valence-corrected chi connectivity index (χ2v) is 13.0. The number of hydrogen-bond acceptors (Lipinski definition) is 7. The van der Waals surface area contributed by atoms with Crippen LogP contribution in [0.5, 0.6) is 0 Å². The molecule has 1 saturated heterocycles. The summed E-state index contributed by atoms with van der Waals surface area (Å²) in [5.41, 5.74) is 2.19. The van der Waals surface area contributed by atoms with E-state index in [0.717, 1.165) is 24.2 Å². The molecule has 2 saturated carbocycles. The minimum absolute atomic E-state index is 0.150. The predicted octanol–water partition coefficient (Wildman–Crippen LogP) is 4.80. The highest BCUT2D eigenvalue weighted by Gasteiger charge is 2.57. The van der Waals surface area contributed by atoms with Gasteiger partial charge in [-0.05, 0) is 70.7 Å². The first-order valence-corrected chi connectivity index (χ1v) is 14.0. The summed E-state index contributed by atoms with van der Waals surface area (Å²) in [4.78, 5) is 24.0. The molecule has 1 atom stereocenters. The summed E-state index contributed by atoms with van der Waals surface area (Å²) >= 11 is 0. The normalized spacial score (nSPS) is 22.1. The number of aromatic nitrogens is 2. The van der Waals surface area contributed by atoms with Crippen molar-refractivity contribution in [1.29, 1.82) is 0 Å². The second-order valence-electron chi connectivity index (χ2n) is 10.1. The third-order valence-corrected chi connectivity index (χ3v) is 10.2. The summed E-state index contributed by atoms with van der Waals surface area (Å²) in [7, 11) is -2.89. The van der Waals surface area contributed by atoms with Gasteiger partial charge >= 0.3 is 6.03 Å². The van der Waals surface area contributed by atoms with E-state index in [1.807, 2.05) is 44.2 Å². The lowest BCUT2D eigenvalue weighted by Crippen LogP contribution is -2.44. The zero-order valence-electron chi connectivity index (χ0n) is 20.5. The average molecular weight is 502 g/mol. The third kappa shape index (κ3) is 4.84. The minimum Gasteiger partial charge on any atom is -0.377 e. The largest absolute Gasteiger partial charge is 0.377 e. The van der Waals surface area contributed by atoms with Gasteiger partial charge in [0.1, 0.15) is 10.6 Å². The first-order chi connectivity index (χ1) is 16.7. The van der Waals surface area contributed by atoms with Crippen LogP contribution in [0.15, 0.2) is 30.3 Å². The van der Waals surface area contributed by atoms with Gasteiger partial charge in [-0.25, -0.2) is 14.8 Å². The van der Waals surface area contributed by atoms with Crippen LogP contribution >= 0.6 is 10.6 Å². The van der Waals surface area contributed by atoms with Crippen LogP contribution in [-0.4, -0.2) is 62.2 Å². The minimum atomic E-state index is -2.89. The molecule has 1 aromatic heterocycles. The van der Waals surface area contributed by atoms with Crippen molar-refractivity contribution in [1.82, 2.24) is 15.3 Å². The molecular weight excluding hydrogens is 466 g/mol. The van der Waals surface area contributed by atoms with Gasteiger partial charge in [-0.2, -0.15) is 10.6 Å². The summed E-state index contributed by atoms with van der Waals surface area (Å²) in [6.07, 6.45) is 3.46. The van der Waals surface area contributed by atoms with Gasteiger partial charge in [0.05, 0.1) is 24.9 Å². The van der Waals surface area contributed by atoms with Crippen LogP contribution in [0.2, 0.25) is 0 Å². The van der Waals surface area contributed by atoms with Gasteiger partial charge in [0, 0.05) is 35.2 Å². The maximum atomic E-state index is 12.1. The first-order valence-electron chi connectivity index (χ1n) is 12.4. The zero-order valence-corrected chi connectivity index (χ0v) is 21.3. The van der Waals surface area contributed by atoms with Crippen LogP contribution < -0.4 is 15.5 Å². The molecule has 4 N–H and O–H groups in total. The molecule has 3 fully saturated rings. The summed E-state index contributed by atoms with van der Waals surface area (Å²) in [6.45, 7) is 7.76. The van der Waals surface area contributed by atoms with Gasteiger partial charge in [-0.15, -0.1) is 0 Å². The Kier molecular flexibility index (Phi) is 6.41. The summed E-state index contributed by atoms with van der Waals surface area (Å²) < 4.78 is 27.2. The molecular formula is C25H35N5O4S. The summed E-state index contributed by atoms with van der Waals surface area (Å²) in [5, 5.41) is 5.52. The maximum Gasteiger partial charge on any atom is 0.319 e. The quantitative estimate of drug-likeness (QED) is 0.430. The van der Waals surface area contributed by atoms with E-state index in [4.69, 9.17) is 14.7 Å². The van der Waals surface area contributed by atoms with Crippen LogP contribution in [0.1, 0.15) is 52.1 Å². The number of nitrogens with zero attached hydrogens (tertiary/aromatic N) is 3. The number of ether oxygens (including phenoxy) is 1. The zero-order chi connectivity index (χ0) is 24.8. The van der Waals surface area contributed by atoms with Crippen molar-refractivity contribution in [2.45, 2.75) is 68.5 Å². The Balaban J connectivity index is 1.48. The van der Waals surface area contributed by atoms with Crippen LogP contribution in [0, 0.1) is 0 Å². The van der Waals surface area contributed by atoms with Crippen molar-refractivity contribution in [2.24, 2.45) is 0 Å². The molecule has 1 aromatic carbocycles. The number of hydrogen-bond donors (Lipinski definition) is 4. The van der Waals surface area contributed by atoms with Crippen LogP contribution in [-0.2, 0) is 9.48 Å². The van der Waals surface area contributed by atoms with Gasteiger partial charge in [0.25, 0.3) is 0 Å². The molecule has 35 heavy (non-hydrogen) atoms. The van der Waals surface area contributed by atoms with Crippen molar-refractivity contribution in [3.63, 3.8) is 0 Å². The topological polar surface area (TPSA) is 120 Å². The van der Waals surface area contributed by atoms with Crippen molar-refractivity contribution in [3.8, 4) is 11.4 Å². The number of benzene rings is 1. The van der Waals surface area contributed by atoms with E-state index in [0.29, 0.717) is 55.8 Å². The fraction of sp³-hybridized carbons (Fsp3) is 0.560. The van der Waals surface area contributed by atoms with E-state index in [-0.39, 0.29) is 17.3 Å². The van der Waals surface area contributed by atoms with E-state index in [1.165, 1.54) is 0 Å². The van der Waals surface area contributed by atoms with Gasteiger partial charge in [0.15, 0.2) is 5.82 Å². The van der Waals surface area contributed by atoms with Crippen LogP contribution in [0.25, 0.3) is 11.4 Å². The SMILES string of the molecule is CC(C)S(O)(O)C1(c2cc(N3CCOC[C@@H]3C)nc(-c3ccc(NC(=O)NC4CC4)cc3)n2)CC1. The highest BCUT2D eigenvalue weighted by atomic mass is 32.3. The summed E-state index contributed by atoms with van der Waals surface area (Å²) in [5.74, 6) is 1.31. The van der Waals surface area contributed by atoms with E-state index in [9.17, 15) is 13.9 Å². The maximum absolute atomic E-state index is 12.1. The molecule has 0 spiro atoms.